The molecule has 1 aromatic carbocycles. The fourth-order valence-corrected chi connectivity index (χ4v) is 2.30. The number of alkyl halides is 3. The Morgan fingerprint density at radius 3 is 2.54 bits per heavy atom. The Morgan fingerprint density at radius 2 is 1.96 bits per heavy atom. The predicted octanol–water partition coefficient (Wildman–Crippen LogP) is 4.39. The van der Waals surface area contributed by atoms with Crippen LogP contribution in [0, 0.1) is 0 Å². The van der Waals surface area contributed by atoms with Gasteiger partial charge in [-0.1, -0.05) is 24.8 Å². The van der Waals surface area contributed by atoms with E-state index in [2.05, 4.69) is 6.58 Å². The summed E-state index contributed by atoms with van der Waals surface area (Å²) in [5, 5.41) is 0. The Labute approximate surface area is 138 Å². The van der Waals surface area contributed by atoms with E-state index in [1.165, 1.54) is 17.0 Å². The molecule has 1 aliphatic heterocycles. The number of rotatable bonds is 1. The number of hydrogen-bond donors (Lipinski definition) is 0. The lowest BCUT2D eigenvalue weighted by Gasteiger charge is -2.26. The van der Waals surface area contributed by atoms with Crippen LogP contribution in [0.4, 0.5) is 18.0 Å². The van der Waals surface area contributed by atoms with E-state index < -0.39 is 23.4 Å². The Kier molecular flexibility index (Phi) is 4.82. The maximum Gasteiger partial charge on any atom is 0.416 e. The molecule has 0 saturated heterocycles. The minimum absolute atomic E-state index is 0.0778. The normalized spacial score (nSPS) is 15.2. The number of fused-ring (bicyclic) bond motifs is 1. The third-order valence-corrected chi connectivity index (χ3v) is 3.38. The lowest BCUT2D eigenvalue weighted by Crippen LogP contribution is -2.37. The lowest BCUT2D eigenvalue weighted by atomic mass is 10.0. The highest BCUT2D eigenvalue weighted by Gasteiger charge is 2.36. The number of benzene rings is 1. The summed E-state index contributed by atoms with van der Waals surface area (Å²) in [6.45, 7) is 8.79. The van der Waals surface area contributed by atoms with Crippen LogP contribution in [0.15, 0.2) is 24.8 Å². The van der Waals surface area contributed by atoms with Gasteiger partial charge in [0, 0.05) is 11.1 Å². The average molecular weight is 343 g/mol. The number of para-hydroxylation sites is 1. The van der Waals surface area contributed by atoms with Gasteiger partial charge in [-0.3, -0.25) is 0 Å². The molecular formula is C17H20F3NO3. The van der Waals surface area contributed by atoms with E-state index in [1.807, 2.05) is 0 Å². The van der Waals surface area contributed by atoms with Crippen molar-refractivity contribution in [2.24, 2.45) is 0 Å². The van der Waals surface area contributed by atoms with E-state index in [0.717, 1.165) is 0 Å². The largest absolute Gasteiger partial charge is 0.491 e. The van der Waals surface area contributed by atoms with Gasteiger partial charge in [0.1, 0.15) is 18.0 Å². The number of carbonyl (C=O) groups is 1. The van der Waals surface area contributed by atoms with E-state index in [-0.39, 0.29) is 31.0 Å². The lowest BCUT2D eigenvalue weighted by molar-refractivity contribution is -0.0688. The average Bonchev–Trinajstić information content (AvgIpc) is 2.65. The van der Waals surface area contributed by atoms with Crippen LogP contribution in [0.5, 0.6) is 5.75 Å². The first-order valence-electron chi connectivity index (χ1n) is 7.48. The highest BCUT2D eigenvalue weighted by atomic mass is 19.4. The second-order valence-corrected chi connectivity index (χ2v) is 6.52. The maximum atomic E-state index is 13.0. The molecule has 0 spiro atoms. The van der Waals surface area contributed by atoms with Crippen molar-refractivity contribution in [3.63, 3.8) is 0 Å². The third-order valence-electron chi connectivity index (χ3n) is 3.38. The molecule has 0 aromatic heterocycles. The second-order valence-electron chi connectivity index (χ2n) is 6.52. The van der Waals surface area contributed by atoms with E-state index >= 15 is 0 Å². The van der Waals surface area contributed by atoms with Gasteiger partial charge >= 0.3 is 12.3 Å². The summed E-state index contributed by atoms with van der Waals surface area (Å²) in [4.78, 5) is 13.6. The van der Waals surface area contributed by atoms with Gasteiger partial charge in [-0.25, -0.2) is 4.79 Å². The summed E-state index contributed by atoms with van der Waals surface area (Å²) in [5.41, 5.74) is -1.24. The summed E-state index contributed by atoms with van der Waals surface area (Å²) >= 11 is 0. The number of nitrogens with zero attached hydrogens (tertiary/aromatic N) is 1. The van der Waals surface area contributed by atoms with Crippen LogP contribution in [-0.4, -0.2) is 35.9 Å². The molecule has 4 nitrogen and oxygen atoms in total. The number of hydrogen-bond acceptors (Lipinski definition) is 3. The molecule has 2 rings (SSSR count). The van der Waals surface area contributed by atoms with Crippen molar-refractivity contribution in [2.75, 3.05) is 13.2 Å². The van der Waals surface area contributed by atoms with Crippen LogP contribution in [-0.2, 0) is 11.3 Å². The third kappa shape index (κ3) is 4.21. The molecule has 1 aliphatic rings. The summed E-state index contributed by atoms with van der Waals surface area (Å²) in [5.74, 6) is 0.117. The van der Waals surface area contributed by atoms with Gasteiger partial charge in [-0.2, -0.15) is 13.2 Å². The van der Waals surface area contributed by atoms with Crippen molar-refractivity contribution in [2.45, 2.75) is 39.1 Å². The quantitative estimate of drug-likeness (QED) is 0.759. The molecule has 0 bridgehead atoms. The van der Waals surface area contributed by atoms with E-state index in [4.69, 9.17) is 9.47 Å². The summed E-state index contributed by atoms with van der Waals surface area (Å²) in [6, 6.07) is 4.44. The molecule has 0 aliphatic carbocycles. The molecular weight excluding hydrogens is 323 g/mol. The van der Waals surface area contributed by atoms with Crippen molar-refractivity contribution in [3.8, 4) is 5.75 Å². The first kappa shape index (κ1) is 18.2. The Hall–Kier alpha value is -2.18. The fraction of sp³-hybridized carbons (Fsp3) is 0.471. The SMILES string of the molecule is C=C(c1cccc2c1OCCN(C(=O)OC(C)(C)C)C2)C(F)(F)F. The summed E-state index contributed by atoms with van der Waals surface area (Å²) < 4.78 is 49.7. The van der Waals surface area contributed by atoms with Gasteiger partial charge in [-0.05, 0) is 20.8 Å². The number of amides is 1. The fourth-order valence-electron chi connectivity index (χ4n) is 2.30. The molecule has 1 aromatic rings. The molecule has 0 saturated carbocycles. The highest BCUT2D eigenvalue weighted by Crippen LogP contribution is 2.39. The van der Waals surface area contributed by atoms with Gasteiger partial charge < -0.3 is 14.4 Å². The van der Waals surface area contributed by atoms with Crippen molar-refractivity contribution in [1.29, 1.82) is 0 Å². The summed E-state index contributed by atoms with van der Waals surface area (Å²) in [6.07, 6.45) is -5.07. The maximum absolute atomic E-state index is 13.0. The van der Waals surface area contributed by atoms with Crippen LogP contribution in [0.3, 0.4) is 0 Å². The van der Waals surface area contributed by atoms with Crippen molar-refractivity contribution in [3.05, 3.63) is 35.9 Å². The van der Waals surface area contributed by atoms with E-state index in [9.17, 15) is 18.0 Å². The monoisotopic (exact) mass is 343 g/mol. The predicted molar refractivity (Wildman–Crippen MR) is 83.7 cm³/mol. The van der Waals surface area contributed by atoms with Crippen LogP contribution < -0.4 is 4.74 Å². The smallest absolute Gasteiger partial charge is 0.416 e. The number of carbonyl (C=O) groups excluding carboxylic acids is 1. The van der Waals surface area contributed by atoms with Gasteiger partial charge in [0.05, 0.1) is 18.7 Å². The van der Waals surface area contributed by atoms with Gasteiger partial charge in [0.2, 0.25) is 0 Å². The van der Waals surface area contributed by atoms with E-state index in [1.54, 1.807) is 26.8 Å². The standard InChI is InChI=1S/C17H20F3NO3/c1-11(17(18,19)20)13-7-5-6-12-10-21(8-9-23-14(12)13)15(22)24-16(2,3)4/h5-7H,1,8-10H2,2-4H3. The Bertz CT molecular complexity index is 647. The summed E-state index contributed by atoms with van der Waals surface area (Å²) in [7, 11) is 0. The highest BCUT2D eigenvalue weighted by molar-refractivity contribution is 5.74. The van der Waals surface area contributed by atoms with Gasteiger partial charge in [-0.15, -0.1) is 0 Å². The second kappa shape index (κ2) is 6.37. The van der Waals surface area contributed by atoms with Crippen molar-refractivity contribution >= 4 is 11.7 Å². The topological polar surface area (TPSA) is 38.8 Å². The minimum Gasteiger partial charge on any atom is -0.491 e. The van der Waals surface area contributed by atoms with Crippen LogP contribution in [0.2, 0.25) is 0 Å². The molecule has 0 fully saturated rings. The number of ether oxygens (including phenoxy) is 2. The number of allylic oxidation sites excluding steroid dienone is 1. The molecule has 1 heterocycles. The van der Waals surface area contributed by atoms with Gasteiger partial charge in [0.15, 0.2) is 0 Å². The molecule has 0 N–H and O–H groups in total. The Morgan fingerprint density at radius 1 is 1.29 bits per heavy atom. The molecule has 1 amide bonds. The van der Waals surface area contributed by atoms with Gasteiger partial charge in [0.25, 0.3) is 0 Å². The zero-order valence-electron chi connectivity index (χ0n) is 13.9. The Balaban J connectivity index is 2.30. The zero-order valence-corrected chi connectivity index (χ0v) is 13.9. The van der Waals surface area contributed by atoms with E-state index in [0.29, 0.717) is 5.56 Å². The molecule has 7 heteroatoms. The minimum atomic E-state index is -4.55. The molecule has 132 valence electrons. The first-order valence-corrected chi connectivity index (χ1v) is 7.48. The zero-order chi connectivity index (χ0) is 18.1. The van der Waals surface area contributed by atoms with Crippen LogP contribution >= 0.6 is 0 Å². The van der Waals surface area contributed by atoms with Crippen LogP contribution in [0.25, 0.3) is 5.57 Å². The van der Waals surface area contributed by atoms with Crippen molar-refractivity contribution < 1.29 is 27.4 Å². The first-order chi connectivity index (χ1) is 11.0. The van der Waals surface area contributed by atoms with Crippen LogP contribution in [0.1, 0.15) is 31.9 Å². The molecule has 24 heavy (non-hydrogen) atoms. The number of halogens is 3. The molecule has 0 radical (unpaired) electrons. The van der Waals surface area contributed by atoms with Crippen molar-refractivity contribution in [1.82, 2.24) is 4.90 Å². The molecule has 0 atom stereocenters. The molecule has 0 unspecified atom stereocenters.